The summed E-state index contributed by atoms with van der Waals surface area (Å²) in [7, 11) is 0. The summed E-state index contributed by atoms with van der Waals surface area (Å²) in [6, 6.07) is 23.6. The van der Waals surface area contributed by atoms with Crippen molar-refractivity contribution < 1.29 is 14.3 Å². The number of hydrogen-bond acceptors (Lipinski definition) is 3. The molecule has 3 rings (SSSR count). The molecule has 0 saturated heterocycles. The Kier molecular flexibility index (Phi) is 6.86. The average molecular weight is 402 g/mol. The number of rotatable bonds is 7. The first kappa shape index (κ1) is 21.1. The van der Waals surface area contributed by atoms with Crippen LogP contribution >= 0.6 is 0 Å². The van der Waals surface area contributed by atoms with Crippen LogP contribution in [0.15, 0.2) is 78.9 Å². The van der Waals surface area contributed by atoms with E-state index in [9.17, 15) is 9.59 Å². The molecular weight excluding hydrogens is 376 g/mol. The van der Waals surface area contributed by atoms with Crippen LogP contribution in [0.5, 0.6) is 5.75 Å². The molecule has 0 spiro atoms. The van der Waals surface area contributed by atoms with Gasteiger partial charge in [-0.25, -0.2) is 0 Å². The number of carbonyl (C=O) groups is 2. The summed E-state index contributed by atoms with van der Waals surface area (Å²) < 4.78 is 5.74. The highest BCUT2D eigenvalue weighted by Gasteiger charge is 2.18. The van der Waals surface area contributed by atoms with Crippen LogP contribution in [-0.4, -0.2) is 17.9 Å². The SMILES string of the molecule is CC(C)Oc1ccccc1C(=O)Nc1ccccc1C(=O)N[C@H](C)c1ccccc1. The van der Waals surface area contributed by atoms with Crippen LogP contribution in [-0.2, 0) is 0 Å². The van der Waals surface area contributed by atoms with E-state index in [1.54, 1.807) is 42.5 Å². The lowest BCUT2D eigenvalue weighted by Crippen LogP contribution is -2.28. The van der Waals surface area contributed by atoms with Gasteiger partial charge in [-0.3, -0.25) is 9.59 Å². The lowest BCUT2D eigenvalue weighted by molar-refractivity contribution is 0.0940. The Morgan fingerprint density at radius 1 is 0.733 bits per heavy atom. The number of nitrogens with one attached hydrogen (secondary N) is 2. The molecule has 3 aromatic rings. The number of benzene rings is 3. The summed E-state index contributed by atoms with van der Waals surface area (Å²) in [6.45, 7) is 5.73. The lowest BCUT2D eigenvalue weighted by Gasteiger charge is -2.17. The minimum absolute atomic E-state index is 0.0588. The second-order valence-electron chi connectivity index (χ2n) is 7.27. The van der Waals surface area contributed by atoms with Crippen molar-refractivity contribution >= 4 is 17.5 Å². The summed E-state index contributed by atoms with van der Waals surface area (Å²) in [6.07, 6.45) is -0.0588. The van der Waals surface area contributed by atoms with Gasteiger partial charge >= 0.3 is 0 Å². The molecule has 2 amide bonds. The molecule has 0 aliphatic rings. The van der Waals surface area contributed by atoms with Crippen molar-refractivity contribution in [2.24, 2.45) is 0 Å². The Morgan fingerprint density at radius 3 is 2.03 bits per heavy atom. The smallest absolute Gasteiger partial charge is 0.259 e. The van der Waals surface area contributed by atoms with Gasteiger partial charge in [-0.1, -0.05) is 54.6 Å². The zero-order valence-electron chi connectivity index (χ0n) is 17.4. The van der Waals surface area contributed by atoms with Crippen LogP contribution < -0.4 is 15.4 Å². The summed E-state index contributed by atoms with van der Waals surface area (Å²) in [5, 5.41) is 5.84. The molecule has 1 atom stereocenters. The maximum Gasteiger partial charge on any atom is 0.259 e. The molecule has 0 heterocycles. The van der Waals surface area contributed by atoms with E-state index in [-0.39, 0.29) is 24.0 Å². The van der Waals surface area contributed by atoms with Crippen LogP contribution in [0.3, 0.4) is 0 Å². The van der Waals surface area contributed by atoms with E-state index >= 15 is 0 Å². The van der Waals surface area contributed by atoms with Gasteiger partial charge in [0.2, 0.25) is 0 Å². The first-order valence-electron chi connectivity index (χ1n) is 9.97. The second-order valence-corrected chi connectivity index (χ2v) is 7.27. The number of carbonyl (C=O) groups excluding carboxylic acids is 2. The normalized spacial score (nSPS) is 11.6. The highest BCUT2D eigenvalue weighted by Crippen LogP contribution is 2.23. The Balaban J connectivity index is 1.79. The number of ether oxygens (including phenoxy) is 1. The molecule has 0 radical (unpaired) electrons. The highest BCUT2D eigenvalue weighted by atomic mass is 16.5. The third-order valence-corrected chi connectivity index (χ3v) is 4.56. The number of amides is 2. The van der Waals surface area contributed by atoms with Gasteiger partial charge < -0.3 is 15.4 Å². The van der Waals surface area contributed by atoms with Crippen molar-refractivity contribution in [1.82, 2.24) is 5.32 Å². The molecule has 0 aromatic heterocycles. The van der Waals surface area contributed by atoms with E-state index in [1.807, 2.05) is 57.2 Å². The van der Waals surface area contributed by atoms with E-state index in [0.29, 0.717) is 22.6 Å². The number of para-hydroxylation sites is 2. The third kappa shape index (κ3) is 5.26. The van der Waals surface area contributed by atoms with E-state index in [2.05, 4.69) is 10.6 Å². The molecule has 0 aliphatic heterocycles. The molecule has 154 valence electrons. The first-order chi connectivity index (χ1) is 14.5. The molecular formula is C25H26N2O3. The predicted octanol–water partition coefficient (Wildman–Crippen LogP) is 5.22. The van der Waals surface area contributed by atoms with Crippen LogP contribution in [0.25, 0.3) is 0 Å². The summed E-state index contributed by atoms with van der Waals surface area (Å²) >= 11 is 0. The summed E-state index contributed by atoms with van der Waals surface area (Å²) in [4.78, 5) is 25.8. The van der Waals surface area contributed by atoms with Gasteiger partial charge in [0.1, 0.15) is 5.75 Å². The molecule has 30 heavy (non-hydrogen) atoms. The average Bonchev–Trinajstić information content (AvgIpc) is 2.74. The maximum atomic E-state index is 12.9. The molecule has 2 N–H and O–H groups in total. The monoisotopic (exact) mass is 402 g/mol. The van der Waals surface area contributed by atoms with Gasteiger partial charge in [-0.05, 0) is 50.6 Å². The van der Waals surface area contributed by atoms with Gasteiger partial charge in [0.05, 0.1) is 29.0 Å². The van der Waals surface area contributed by atoms with E-state index < -0.39 is 0 Å². The standard InChI is InChI=1S/C25H26N2O3/c1-17(2)30-23-16-10-8-14-21(23)25(29)27-22-15-9-7-13-20(22)24(28)26-18(3)19-11-5-4-6-12-19/h4-18H,1-3H3,(H,26,28)(H,27,29)/t18-/m1/s1. The maximum absolute atomic E-state index is 12.9. The molecule has 0 aliphatic carbocycles. The Hall–Kier alpha value is -3.60. The highest BCUT2D eigenvalue weighted by molar-refractivity contribution is 6.10. The van der Waals surface area contributed by atoms with Crippen LogP contribution in [0.1, 0.15) is 53.1 Å². The quantitative estimate of drug-likeness (QED) is 0.570. The van der Waals surface area contributed by atoms with Gasteiger partial charge in [-0.15, -0.1) is 0 Å². The largest absolute Gasteiger partial charge is 0.490 e. The van der Waals surface area contributed by atoms with Crippen LogP contribution in [0.2, 0.25) is 0 Å². The Morgan fingerprint density at radius 2 is 1.33 bits per heavy atom. The molecule has 0 bridgehead atoms. The van der Waals surface area contributed by atoms with Crippen LogP contribution in [0.4, 0.5) is 5.69 Å². The molecule has 0 saturated carbocycles. The molecule has 3 aromatic carbocycles. The fourth-order valence-corrected chi connectivity index (χ4v) is 3.09. The van der Waals surface area contributed by atoms with Gasteiger partial charge in [-0.2, -0.15) is 0 Å². The zero-order chi connectivity index (χ0) is 21.5. The third-order valence-electron chi connectivity index (χ3n) is 4.56. The fraction of sp³-hybridized carbons (Fsp3) is 0.200. The molecule has 5 nitrogen and oxygen atoms in total. The van der Waals surface area contributed by atoms with Crippen molar-refractivity contribution in [3.05, 3.63) is 95.6 Å². The summed E-state index contributed by atoms with van der Waals surface area (Å²) in [5.74, 6) is -0.0822. The van der Waals surface area contributed by atoms with E-state index in [4.69, 9.17) is 4.74 Å². The zero-order valence-corrected chi connectivity index (χ0v) is 17.4. The first-order valence-corrected chi connectivity index (χ1v) is 9.97. The van der Waals surface area contributed by atoms with Gasteiger partial charge in [0.25, 0.3) is 11.8 Å². The van der Waals surface area contributed by atoms with Crippen molar-refractivity contribution in [2.75, 3.05) is 5.32 Å². The van der Waals surface area contributed by atoms with Crippen molar-refractivity contribution in [3.63, 3.8) is 0 Å². The van der Waals surface area contributed by atoms with Crippen molar-refractivity contribution in [1.29, 1.82) is 0 Å². The van der Waals surface area contributed by atoms with Crippen LogP contribution in [0, 0.1) is 0 Å². The second kappa shape index (κ2) is 9.74. The fourth-order valence-electron chi connectivity index (χ4n) is 3.09. The minimum atomic E-state index is -0.331. The van der Waals surface area contributed by atoms with Gasteiger partial charge in [0, 0.05) is 0 Å². The summed E-state index contributed by atoms with van der Waals surface area (Å²) in [5.41, 5.74) is 2.27. The van der Waals surface area contributed by atoms with Crippen molar-refractivity contribution in [2.45, 2.75) is 32.9 Å². The predicted molar refractivity (Wildman–Crippen MR) is 119 cm³/mol. The Bertz CT molecular complexity index is 1020. The topological polar surface area (TPSA) is 67.4 Å². The molecule has 0 fully saturated rings. The van der Waals surface area contributed by atoms with Crippen molar-refractivity contribution in [3.8, 4) is 5.75 Å². The molecule has 5 heteroatoms. The minimum Gasteiger partial charge on any atom is -0.490 e. The van der Waals surface area contributed by atoms with Gasteiger partial charge in [0.15, 0.2) is 0 Å². The number of hydrogen-bond donors (Lipinski definition) is 2. The van der Waals surface area contributed by atoms with E-state index in [1.165, 1.54) is 0 Å². The molecule has 0 unspecified atom stereocenters. The number of anilines is 1. The Labute approximate surface area is 177 Å². The lowest BCUT2D eigenvalue weighted by atomic mass is 10.1. The van der Waals surface area contributed by atoms with E-state index in [0.717, 1.165) is 5.56 Å².